The number of aryl methyl sites for hydroxylation is 1. The summed E-state index contributed by atoms with van der Waals surface area (Å²) in [6, 6.07) is 16.8. The van der Waals surface area contributed by atoms with Gasteiger partial charge in [0.1, 0.15) is 21.2 Å². The number of urea groups is 1. The second-order valence-electron chi connectivity index (χ2n) is 9.52. The number of pyridine rings is 1. The lowest BCUT2D eigenvalue weighted by Crippen LogP contribution is -2.46. The van der Waals surface area contributed by atoms with Crippen LogP contribution in [0.25, 0.3) is 10.2 Å². The van der Waals surface area contributed by atoms with Gasteiger partial charge in [-0.25, -0.2) is 9.78 Å². The molecule has 1 saturated heterocycles. The van der Waals surface area contributed by atoms with Crippen LogP contribution < -0.4 is 20.3 Å². The summed E-state index contributed by atoms with van der Waals surface area (Å²) in [5, 5.41) is 6.93. The molecule has 2 aliphatic heterocycles. The molecule has 4 heterocycles. The minimum Gasteiger partial charge on any atom is -0.457 e. The quantitative estimate of drug-likeness (QED) is 0.347. The standard InChI is InChI=1S/C28H27N5O3S/c1-17-15-20(36-19-8-4-3-5-9-19)10-11-21(17)33-22-12-13-29-27-23(22)24(31-28(33)35)25(37-27)26(34)30-18-7-6-14-32(2)16-18/h3-5,8-13,15,18H,6-7,14,16H2,1-2H3,(H,30,34)(H,31,35)/t18-/m1/s1. The second-order valence-corrected chi connectivity index (χ2v) is 10.5. The van der Waals surface area contributed by atoms with E-state index in [1.165, 1.54) is 11.3 Å². The fourth-order valence-electron chi connectivity index (χ4n) is 5.09. The van der Waals surface area contributed by atoms with Crippen molar-refractivity contribution in [2.75, 3.05) is 30.4 Å². The molecule has 0 aliphatic carbocycles. The number of benzene rings is 2. The number of hydrogen-bond acceptors (Lipinski definition) is 6. The van der Waals surface area contributed by atoms with Gasteiger partial charge in [0.05, 0.1) is 22.4 Å². The Bertz CT molecular complexity index is 1500. The van der Waals surface area contributed by atoms with Crippen LogP contribution in [0.15, 0.2) is 60.8 Å². The number of likely N-dealkylation sites (tertiary alicyclic amines) is 1. The molecule has 1 atom stereocenters. The number of nitrogens with one attached hydrogen (secondary N) is 2. The number of carbonyl (C=O) groups is 2. The number of rotatable bonds is 5. The molecule has 4 aromatic rings. The van der Waals surface area contributed by atoms with E-state index in [-0.39, 0.29) is 18.0 Å². The average molecular weight is 514 g/mol. The molecule has 8 nitrogen and oxygen atoms in total. The molecule has 0 saturated carbocycles. The van der Waals surface area contributed by atoms with Crippen LogP contribution in [0.3, 0.4) is 0 Å². The number of ether oxygens (including phenoxy) is 1. The van der Waals surface area contributed by atoms with Crippen molar-refractivity contribution in [3.8, 4) is 11.5 Å². The van der Waals surface area contributed by atoms with E-state index in [9.17, 15) is 9.59 Å². The summed E-state index contributed by atoms with van der Waals surface area (Å²) in [7, 11) is 2.06. The molecule has 9 heteroatoms. The van der Waals surface area contributed by atoms with E-state index in [0.717, 1.165) is 48.3 Å². The van der Waals surface area contributed by atoms with Crippen molar-refractivity contribution in [3.05, 3.63) is 71.2 Å². The third-order valence-electron chi connectivity index (χ3n) is 6.80. The molecule has 2 aliphatic rings. The predicted octanol–water partition coefficient (Wildman–Crippen LogP) is 5.90. The monoisotopic (exact) mass is 513 g/mol. The van der Waals surface area contributed by atoms with Crippen molar-refractivity contribution in [1.29, 1.82) is 0 Å². The molecule has 3 amide bonds. The first-order valence-electron chi connectivity index (χ1n) is 12.3. The van der Waals surface area contributed by atoms with Crippen molar-refractivity contribution >= 4 is 50.6 Å². The van der Waals surface area contributed by atoms with Gasteiger partial charge < -0.3 is 20.3 Å². The summed E-state index contributed by atoms with van der Waals surface area (Å²) in [6.45, 7) is 3.80. The van der Waals surface area contributed by atoms with Gasteiger partial charge in [0.15, 0.2) is 0 Å². The van der Waals surface area contributed by atoms with Crippen LogP contribution in [0.5, 0.6) is 11.5 Å². The van der Waals surface area contributed by atoms with Gasteiger partial charge in [-0.3, -0.25) is 9.69 Å². The fraction of sp³-hybridized carbons (Fsp3) is 0.250. The molecule has 0 unspecified atom stereocenters. The number of amides is 3. The maximum absolute atomic E-state index is 13.5. The molecule has 2 aromatic heterocycles. The second kappa shape index (κ2) is 9.49. The maximum Gasteiger partial charge on any atom is 0.331 e. The Balaban J connectivity index is 1.33. The van der Waals surface area contributed by atoms with Crippen LogP contribution >= 0.6 is 11.3 Å². The highest BCUT2D eigenvalue weighted by Gasteiger charge is 2.34. The van der Waals surface area contributed by atoms with E-state index < -0.39 is 0 Å². The van der Waals surface area contributed by atoms with Gasteiger partial charge in [-0.2, -0.15) is 0 Å². The molecule has 37 heavy (non-hydrogen) atoms. The number of aromatic nitrogens is 1. The van der Waals surface area contributed by atoms with Crippen molar-refractivity contribution in [2.24, 2.45) is 0 Å². The van der Waals surface area contributed by atoms with E-state index in [1.54, 1.807) is 11.1 Å². The zero-order valence-corrected chi connectivity index (χ0v) is 21.5. The Morgan fingerprint density at radius 2 is 1.97 bits per heavy atom. The Labute approximate surface area is 218 Å². The number of anilines is 3. The van der Waals surface area contributed by atoms with Crippen LogP contribution in [-0.2, 0) is 0 Å². The van der Waals surface area contributed by atoms with Gasteiger partial charge in [0, 0.05) is 18.8 Å². The SMILES string of the molecule is Cc1cc(Oc2ccccc2)ccc1N1C(=O)Nc2c(C(=O)N[C@@H]3CCCN(C)C3)sc3nccc1c23. The van der Waals surface area contributed by atoms with Crippen molar-refractivity contribution < 1.29 is 14.3 Å². The van der Waals surface area contributed by atoms with Crippen LogP contribution in [0.1, 0.15) is 28.1 Å². The van der Waals surface area contributed by atoms with E-state index in [1.807, 2.05) is 61.5 Å². The molecule has 0 spiro atoms. The third-order valence-corrected chi connectivity index (χ3v) is 7.90. The first kappa shape index (κ1) is 23.4. The van der Waals surface area contributed by atoms with Gasteiger partial charge in [-0.05, 0) is 75.3 Å². The van der Waals surface area contributed by atoms with Crippen LogP contribution in [0, 0.1) is 6.92 Å². The summed E-state index contributed by atoms with van der Waals surface area (Å²) >= 11 is 1.31. The molecule has 2 aromatic carbocycles. The van der Waals surface area contributed by atoms with Crippen molar-refractivity contribution in [1.82, 2.24) is 15.2 Å². The van der Waals surface area contributed by atoms with E-state index in [0.29, 0.717) is 26.8 Å². The summed E-state index contributed by atoms with van der Waals surface area (Å²) in [6.07, 6.45) is 3.68. The Morgan fingerprint density at radius 1 is 1.14 bits per heavy atom. The number of thiophene rings is 1. The van der Waals surface area contributed by atoms with Crippen LogP contribution in [-0.4, -0.2) is 48.0 Å². The maximum atomic E-state index is 13.5. The Hall–Kier alpha value is -3.95. The highest BCUT2D eigenvalue weighted by Crippen LogP contribution is 2.46. The topological polar surface area (TPSA) is 86.8 Å². The third kappa shape index (κ3) is 4.41. The minimum atomic E-state index is -0.315. The lowest BCUT2D eigenvalue weighted by Gasteiger charge is -2.31. The fourth-order valence-corrected chi connectivity index (χ4v) is 6.11. The van der Waals surface area contributed by atoms with Gasteiger partial charge >= 0.3 is 6.03 Å². The lowest BCUT2D eigenvalue weighted by atomic mass is 10.1. The van der Waals surface area contributed by atoms with Crippen molar-refractivity contribution in [3.63, 3.8) is 0 Å². The van der Waals surface area contributed by atoms with E-state index in [2.05, 4.69) is 27.6 Å². The molecule has 188 valence electrons. The smallest absolute Gasteiger partial charge is 0.331 e. The van der Waals surface area contributed by atoms with Gasteiger partial charge in [0.2, 0.25) is 0 Å². The Morgan fingerprint density at radius 3 is 2.76 bits per heavy atom. The summed E-state index contributed by atoms with van der Waals surface area (Å²) in [5.41, 5.74) is 2.86. The number of likely N-dealkylation sites (N-methyl/N-ethyl adjacent to an activating group) is 1. The van der Waals surface area contributed by atoms with Crippen LogP contribution in [0.2, 0.25) is 0 Å². The van der Waals surface area contributed by atoms with Gasteiger partial charge in [0.25, 0.3) is 5.91 Å². The largest absolute Gasteiger partial charge is 0.457 e. The number of para-hydroxylation sites is 1. The number of hydrogen-bond donors (Lipinski definition) is 2. The summed E-state index contributed by atoms with van der Waals surface area (Å²) in [5.74, 6) is 1.26. The molecular weight excluding hydrogens is 486 g/mol. The average Bonchev–Trinajstić information content (AvgIpc) is 3.25. The highest BCUT2D eigenvalue weighted by molar-refractivity contribution is 7.21. The van der Waals surface area contributed by atoms with E-state index >= 15 is 0 Å². The molecule has 0 bridgehead atoms. The first-order valence-corrected chi connectivity index (χ1v) is 13.1. The molecule has 6 rings (SSSR count). The molecule has 2 N–H and O–H groups in total. The van der Waals surface area contributed by atoms with Gasteiger partial charge in [-0.15, -0.1) is 11.3 Å². The molecule has 0 radical (unpaired) electrons. The summed E-state index contributed by atoms with van der Waals surface area (Å²) in [4.78, 5) is 36.3. The molecule has 1 fully saturated rings. The number of carbonyl (C=O) groups excluding carboxylic acids is 2. The van der Waals surface area contributed by atoms with Gasteiger partial charge in [-0.1, -0.05) is 18.2 Å². The summed E-state index contributed by atoms with van der Waals surface area (Å²) < 4.78 is 5.97. The number of piperidine rings is 1. The Kier molecular flexibility index (Phi) is 6.02. The first-order chi connectivity index (χ1) is 18.0. The highest BCUT2D eigenvalue weighted by atomic mass is 32.1. The number of nitrogens with zero attached hydrogens (tertiary/aromatic N) is 3. The lowest BCUT2D eigenvalue weighted by molar-refractivity contribution is 0.0917. The zero-order chi connectivity index (χ0) is 25.5. The predicted molar refractivity (Wildman–Crippen MR) is 146 cm³/mol. The minimum absolute atomic E-state index is 0.0890. The van der Waals surface area contributed by atoms with E-state index in [4.69, 9.17) is 4.74 Å². The normalized spacial score (nSPS) is 17.5. The molecular formula is C28H27N5O3S. The zero-order valence-electron chi connectivity index (χ0n) is 20.7. The van der Waals surface area contributed by atoms with Crippen molar-refractivity contribution in [2.45, 2.75) is 25.8 Å². The van der Waals surface area contributed by atoms with Crippen LogP contribution in [0.4, 0.5) is 21.9 Å².